The third-order valence-electron chi connectivity index (χ3n) is 6.49. The summed E-state index contributed by atoms with van der Waals surface area (Å²) < 4.78 is 32.8. The van der Waals surface area contributed by atoms with Crippen LogP contribution in [0.25, 0.3) is 0 Å². The van der Waals surface area contributed by atoms with Gasteiger partial charge >= 0.3 is 5.97 Å². The van der Waals surface area contributed by atoms with Crippen LogP contribution in [-0.4, -0.2) is 47.3 Å². The summed E-state index contributed by atoms with van der Waals surface area (Å²) in [5.74, 6) is -2.37. The van der Waals surface area contributed by atoms with Crippen molar-refractivity contribution in [1.29, 1.82) is 0 Å². The van der Waals surface area contributed by atoms with Crippen molar-refractivity contribution in [3.63, 3.8) is 0 Å². The van der Waals surface area contributed by atoms with Crippen LogP contribution in [0.2, 0.25) is 0 Å². The lowest BCUT2D eigenvalue weighted by atomic mass is 9.79. The van der Waals surface area contributed by atoms with Gasteiger partial charge in [-0.25, -0.2) is 18.6 Å². The lowest BCUT2D eigenvalue weighted by Crippen LogP contribution is -2.42. The van der Waals surface area contributed by atoms with Crippen LogP contribution < -0.4 is 10.6 Å². The Labute approximate surface area is 196 Å². The zero-order chi connectivity index (χ0) is 24.1. The molecule has 9 heteroatoms. The van der Waals surface area contributed by atoms with E-state index >= 15 is 0 Å². The minimum atomic E-state index is -1.26. The second kappa shape index (κ2) is 10.9. The van der Waals surface area contributed by atoms with Crippen LogP contribution in [0, 0.1) is 17.6 Å². The molecule has 0 unspecified atom stereocenters. The molecular weight excluding hydrogens is 444 g/mol. The highest BCUT2D eigenvalue weighted by atomic mass is 19.1. The summed E-state index contributed by atoms with van der Waals surface area (Å²) in [5.41, 5.74) is 1.84. The number of rotatable bonds is 10. The molecule has 0 spiro atoms. The molecule has 0 bridgehead atoms. The van der Waals surface area contributed by atoms with Gasteiger partial charge in [0, 0.05) is 25.3 Å². The Morgan fingerprint density at radius 1 is 1.24 bits per heavy atom. The topological polar surface area (TPSA) is 101 Å². The summed E-state index contributed by atoms with van der Waals surface area (Å²) in [4.78, 5) is 28.4. The van der Waals surface area contributed by atoms with Gasteiger partial charge in [-0.15, -0.1) is 0 Å². The van der Waals surface area contributed by atoms with Crippen molar-refractivity contribution in [2.75, 3.05) is 18.5 Å². The lowest BCUT2D eigenvalue weighted by Gasteiger charge is -2.35. The molecule has 182 valence electrons. The summed E-state index contributed by atoms with van der Waals surface area (Å²) in [6.07, 6.45) is 6.06. The van der Waals surface area contributed by atoms with Crippen molar-refractivity contribution in [2.45, 2.75) is 57.1 Å². The number of hydrogen-bond donors (Lipinski definition) is 3. The normalized spacial score (nSPS) is 19.9. The first kappa shape index (κ1) is 24.1. The number of carboxylic acid groups (broad SMARTS) is 1. The molecule has 3 N–H and O–H groups in total. The number of nitrogens with zero attached hydrogens (tertiary/aromatic N) is 1. The first-order valence-electron chi connectivity index (χ1n) is 11.7. The van der Waals surface area contributed by atoms with Gasteiger partial charge in [0.1, 0.15) is 23.5 Å². The maximum atomic E-state index is 13.8. The number of pyridine rings is 1. The van der Waals surface area contributed by atoms with Crippen molar-refractivity contribution in [3.05, 3.63) is 58.8 Å². The minimum absolute atomic E-state index is 0.0330. The van der Waals surface area contributed by atoms with E-state index in [1.54, 1.807) is 0 Å². The molecule has 0 radical (unpaired) electrons. The van der Waals surface area contributed by atoms with Crippen molar-refractivity contribution in [1.82, 2.24) is 10.3 Å². The van der Waals surface area contributed by atoms with Gasteiger partial charge < -0.3 is 20.5 Å². The molecular formula is C25H29F2N3O4. The van der Waals surface area contributed by atoms with Gasteiger partial charge in [-0.1, -0.05) is 6.07 Å². The third-order valence-corrected chi connectivity index (χ3v) is 6.49. The van der Waals surface area contributed by atoms with Crippen LogP contribution in [0.15, 0.2) is 30.3 Å². The molecule has 1 aliphatic heterocycles. The number of ether oxygens (including phenoxy) is 1. The van der Waals surface area contributed by atoms with Gasteiger partial charge in [0.25, 0.3) is 5.91 Å². The average Bonchev–Trinajstić information content (AvgIpc) is 2.80. The lowest BCUT2D eigenvalue weighted by molar-refractivity contribution is -0.140. The highest BCUT2D eigenvalue weighted by molar-refractivity contribution is 5.96. The van der Waals surface area contributed by atoms with E-state index in [0.29, 0.717) is 5.92 Å². The minimum Gasteiger partial charge on any atom is -0.480 e. The number of amides is 1. The SMILES string of the molecule is O=C(N[C@@H](CCO[C@H]1C[C@H](CCc2ccc3c(n2)NCCC3)C1)C(=O)O)c1cc(F)ccc1F. The third kappa shape index (κ3) is 6.08. The van der Waals surface area contributed by atoms with Gasteiger partial charge in [-0.05, 0) is 74.3 Å². The van der Waals surface area contributed by atoms with E-state index in [4.69, 9.17) is 9.72 Å². The van der Waals surface area contributed by atoms with E-state index in [2.05, 4.69) is 22.8 Å². The van der Waals surface area contributed by atoms with Crippen molar-refractivity contribution in [2.24, 2.45) is 5.92 Å². The fraction of sp³-hybridized carbons (Fsp3) is 0.480. The molecule has 1 aromatic carbocycles. The van der Waals surface area contributed by atoms with E-state index in [1.807, 2.05) is 0 Å². The second-order valence-corrected chi connectivity index (χ2v) is 8.99. The predicted octanol–water partition coefficient (Wildman–Crippen LogP) is 3.72. The molecule has 1 saturated carbocycles. The molecule has 1 fully saturated rings. The standard InChI is InChI=1S/C25H29F2N3O4/c26-17-5-8-21(27)20(14-17)24(31)30-22(25(32)33)9-11-34-19-12-15(13-19)3-6-18-7-4-16-2-1-10-28-23(16)29-18/h4-5,7-8,14-15,19,22H,1-3,6,9-13H2,(H,28,29)(H,30,31)(H,32,33)/t15-,19-,22-/m0/s1. The Kier molecular flexibility index (Phi) is 7.72. The molecule has 2 heterocycles. The van der Waals surface area contributed by atoms with Crippen LogP contribution in [0.3, 0.4) is 0 Å². The molecule has 34 heavy (non-hydrogen) atoms. The van der Waals surface area contributed by atoms with Crippen LogP contribution in [0.1, 0.15) is 53.7 Å². The quantitative estimate of drug-likeness (QED) is 0.486. The second-order valence-electron chi connectivity index (χ2n) is 8.99. The molecule has 2 aromatic rings. The van der Waals surface area contributed by atoms with E-state index in [-0.39, 0.29) is 19.1 Å². The molecule has 4 rings (SSSR count). The van der Waals surface area contributed by atoms with Gasteiger partial charge in [-0.3, -0.25) is 4.79 Å². The molecule has 0 saturated heterocycles. The van der Waals surface area contributed by atoms with Gasteiger partial charge in [-0.2, -0.15) is 0 Å². The molecule has 1 aromatic heterocycles. The van der Waals surface area contributed by atoms with Crippen LogP contribution in [0.4, 0.5) is 14.6 Å². The van der Waals surface area contributed by atoms with Gasteiger partial charge in [0.05, 0.1) is 11.7 Å². The monoisotopic (exact) mass is 473 g/mol. The van der Waals surface area contributed by atoms with Crippen LogP contribution >= 0.6 is 0 Å². The van der Waals surface area contributed by atoms with E-state index < -0.39 is 35.1 Å². The molecule has 1 atom stereocenters. The van der Waals surface area contributed by atoms with Gasteiger partial charge in [0.2, 0.25) is 0 Å². The summed E-state index contributed by atoms with van der Waals surface area (Å²) in [6.45, 7) is 1.12. The smallest absolute Gasteiger partial charge is 0.326 e. The zero-order valence-corrected chi connectivity index (χ0v) is 18.9. The Hall–Kier alpha value is -3.07. The van der Waals surface area contributed by atoms with E-state index in [1.165, 1.54) is 5.56 Å². The highest BCUT2D eigenvalue weighted by Gasteiger charge is 2.30. The highest BCUT2D eigenvalue weighted by Crippen LogP contribution is 2.34. The summed E-state index contributed by atoms with van der Waals surface area (Å²) in [7, 11) is 0. The number of fused-ring (bicyclic) bond motifs is 1. The number of nitrogens with one attached hydrogen (secondary N) is 2. The Morgan fingerprint density at radius 3 is 2.85 bits per heavy atom. The fourth-order valence-corrected chi connectivity index (χ4v) is 4.42. The average molecular weight is 474 g/mol. The number of halogens is 2. The molecule has 1 aliphatic carbocycles. The van der Waals surface area contributed by atoms with Crippen LogP contribution in [0.5, 0.6) is 0 Å². The number of aliphatic carboxylic acids is 1. The maximum absolute atomic E-state index is 13.8. The number of carbonyl (C=O) groups is 2. The van der Waals surface area contributed by atoms with Crippen molar-refractivity contribution >= 4 is 17.7 Å². The Bertz CT molecular complexity index is 1040. The van der Waals surface area contributed by atoms with E-state index in [0.717, 1.165) is 74.8 Å². The number of hydrogen-bond acceptors (Lipinski definition) is 5. The summed E-state index contributed by atoms with van der Waals surface area (Å²) in [5, 5.41) is 15.0. The summed E-state index contributed by atoms with van der Waals surface area (Å²) >= 11 is 0. The summed E-state index contributed by atoms with van der Waals surface area (Å²) in [6, 6.07) is 5.47. The number of aromatic nitrogens is 1. The first-order chi connectivity index (χ1) is 16.4. The fourth-order valence-electron chi connectivity index (χ4n) is 4.42. The number of carboxylic acids is 1. The largest absolute Gasteiger partial charge is 0.480 e. The molecule has 1 amide bonds. The number of benzene rings is 1. The predicted molar refractivity (Wildman–Crippen MR) is 122 cm³/mol. The number of anilines is 1. The van der Waals surface area contributed by atoms with Crippen LogP contribution in [-0.2, 0) is 22.4 Å². The Balaban J connectivity index is 1.16. The van der Waals surface area contributed by atoms with Crippen molar-refractivity contribution in [3.8, 4) is 0 Å². The zero-order valence-electron chi connectivity index (χ0n) is 18.9. The van der Waals surface area contributed by atoms with E-state index in [9.17, 15) is 23.5 Å². The number of aryl methyl sites for hydroxylation is 2. The van der Waals surface area contributed by atoms with Gasteiger partial charge in [0.15, 0.2) is 0 Å². The van der Waals surface area contributed by atoms with Crippen molar-refractivity contribution < 1.29 is 28.2 Å². The first-order valence-corrected chi connectivity index (χ1v) is 11.7. The molecule has 7 nitrogen and oxygen atoms in total. The number of carbonyl (C=O) groups excluding carboxylic acids is 1. The molecule has 2 aliphatic rings. The Morgan fingerprint density at radius 2 is 2.06 bits per heavy atom. The maximum Gasteiger partial charge on any atom is 0.326 e.